The van der Waals surface area contributed by atoms with Gasteiger partial charge in [-0.2, -0.15) is 0 Å². The van der Waals surface area contributed by atoms with Crippen LogP contribution in [-0.2, 0) is 16.5 Å². The number of nitrogens with zero attached hydrogens (tertiary/aromatic N) is 4. The topological polar surface area (TPSA) is 81.5 Å². The molecule has 150 valence electrons. The maximum Gasteiger partial charge on any atom is 0.322 e. The quantitative estimate of drug-likeness (QED) is 0.827. The van der Waals surface area contributed by atoms with Crippen LogP contribution in [0.25, 0.3) is 11.4 Å². The largest absolute Gasteiger partial charge is 0.376 e. The Kier molecular flexibility index (Phi) is 5.87. The molecule has 0 bridgehead atoms. The molecule has 1 aromatic carbocycles. The van der Waals surface area contributed by atoms with Crippen molar-refractivity contribution in [1.82, 2.24) is 19.7 Å². The molecule has 0 saturated carbocycles. The van der Waals surface area contributed by atoms with Crippen molar-refractivity contribution in [3.63, 3.8) is 0 Å². The number of aromatic nitrogens is 3. The summed E-state index contributed by atoms with van der Waals surface area (Å²) in [7, 11) is 1.90. The van der Waals surface area contributed by atoms with E-state index in [9.17, 15) is 4.79 Å². The van der Waals surface area contributed by atoms with E-state index >= 15 is 0 Å². The Morgan fingerprint density at radius 2 is 1.79 bits per heavy atom. The van der Waals surface area contributed by atoms with E-state index in [-0.39, 0.29) is 18.2 Å². The highest BCUT2D eigenvalue weighted by Crippen LogP contribution is 2.21. The predicted molar refractivity (Wildman–Crippen MR) is 105 cm³/mol. The summed E-state index contributed by atoms with van der Waals surface area (Å²) < 4.78 is 13.3. The summed E-state index contributed by atoms with van der Waals surface area (Å²) in [6.07, 6.45) is 6.02. The lowest BCUT2D eigenvalue weighted by molar-refractivity contribution is 0.0524. The van der Waals surface area contributed by atoms with E-state index in [0.717, 1.165) is 56.0 Å². The van der Waals surface area contributed by atoms with E-state index in [0.29, 0.717) is 13.1 Å². The van der Waals surface area contributed by atoms with Gasteiger partial charge in [-0.25, -0.2) is 4.79 Å². The molecule has 8 heteroatoms. The van der Waals surface area contributed by atoms with Gasteiger partial charge in [-0.1, -0.05) is 0 Å². The van der Waals surface area contributed by atoms with Gasteiger partial charge in [0.1, 0.15) is 6.33 Å². The molecule has 3 heterocycles. The summed E-state index contributed by atoms with van der Waals surface area (Å²) >= 11 is 0. The Morgan fingerprint density at radius 3 is 2.29 bits per heavy atom. The Balaban J connectivity index is 1.41. The summed E-state index contributed by atoms with van der Waals surface area (Å²) in [5.41, 5.74) is 1.70. The second-order valence-electron chi connectivity index (χ2n) is 7.45. The van der Waals surface area contributed by atoms with Crippen LogP contribution in [0, 0.1) is 0 Å². The molecule has 0 unspecified atom stereocenters. The van der Waals surface area contributed by atoms with Gasteiger partial charge in [-0.05, 0) is 49.9 Å². The third-order valence-corrected chi connectivity index (χ3v) is 5.29. The van der Waals surface area contributed by atoms with Gasteiger partial charge in [0.05, 0.1) is 12.2 Å². The highest BCUT2D eigenvalue weighted by Gasteiger charge is 2.27. The monoisotopic (exact) mass is 385 g/mol. The molecule has 8 nitrogen and oxygen atoms in total. The highest BCUT2D eigenvalue weighted by atomic mass is 16.5. The number of carbonyl (C=O) groups excluding carboxylic acids is 1. The molecule has 4 rings (SSSR count). The fourth-order valence-corrected chi connectivity index (χ4v) is 3.76. The van der Waals surface area contributed by atoms with Crippen molar-refractivity contribution >= 4 is 11.7 Å². The van der Waals surface area contributed by atoms with Crippen LogP contribution in [0.3, 0.4) is 0 Å². The molecule has 1 aromatic heterocycles. The Morgan fingerprint density at radius 1 is 1.14 bits per heavy atom. The van der Waals surface area contributed by atoms with Crippen molar-refractivity contribution in [2.45, 2.75) is 37.9 Å². The summed E-state index contributed by atoms with van der Waals surface area (Å²) in [5.74, 6) is 0.788. The number of hydrogen-bond donors (Lipinski definition) is 1. The molecule has 0 radical (unpaired) electrons. The molecule has 2 saturated heterocycles. The predicted octanol–water partition coefficient (Wildman–Crippen LogP) is 2.67. The summed E-state index contributed by atoms with van der Waals surface area (Å²) in [6.45, 7) is 2.76. The first-order valence-corrected chi connectivity index (χ1v) is 9.92. The van der Waals surface area contributed by atoms with Crippen molar-refractivity contribution < 1.29 is 14.3 Å². The second-order valence-corrected chi connectivity index (χ2v) is 7.45. The molecular formula is C20H27N5O3. The average Bonchev–Trinajstić information content (AvgIpc) is 3.45. The summed E-state index contributed by atoms with van der Waals surface area (Å²) in [6, 6.07) is 7.53. The lowest BCUT2D eigenvalue weighted by atomic mass is 10.2. The molecule has 2 aliphatic rings. The molecule has 2 amide bonds. The van der Waals surface area contributed by atoms with E-state index in [4.69, 9.17) is 9.47 Å². The van der Waals surface area contributed by atoms with Crippen LogP contribution in [0.4, 0.5) is 10.5 Å². The molecule has 0 spiro atoms. The number of anilines is 1. The van der Waals surface area contributed by atoms with Crippen LogP contribution in [0.15, 0.2) is 30.6 Å². The molecule has 1 N–H and O–H groups in total. The van der Waals surface area contributed by atoms with E-state index in [1.165, 1.54) is 0 Å². The highest BCUT2D eigenvalue weighted by molar-refractivity contribution is 5.89. The first kappa shape index (κ1) is 18.9. The van der Waals surface area contributed by atoms with E-state index in [1.807, 2.05) is 40.8 Å². The van der Waals surface area contributed by atoms with Crippen molar-refractivity contribution in [2.75, 3.05) is 31.6 Å². The van der Waals surface area contributed by atoms with Gasteiger partial charge in [-0.3, -0.25) is 0 Å². The van der Waals surface area contributed by atoms with Gasteiger partial charge in [-0.15, -0.1) is 10.2 Å². The normalized spacial score (nSPS) is 21.8. The van der Waals surface area contributed by atoms with Crippen LogP contribution in [0.5, 0.6) is 0 Å². The van der Waals surface area contributed by atoms with Crippen molar-refractivity contribution in [1.29, 1.82) is 0 Å². The van der Waals surface area contributed by atoms with Crippen molar-refractivity contribution in [3.05, 3.63) is 30.6 Å². The minimum Gasteiger partial charge on any atom is -0.376 e. The Labute approximate surface area is 164 Å². The molecule has 2 aromatic rings. The molecule has 0 aliphatic carbocycles. The first-order chi connectivity index (χ1) is 13.7. The smallest absolute Gasteiger partial charge is 0.322 e. The first-order valence-electron chi connectivity index (χ1n) is 9.92. The SMILES string of the molecule is Cn1cnnc1-c1ccc(NC(=O)N(C[C@@H]2CCCO2)C[C@@H]2CCCO2)cc1. The van der Waals surface area contributed by atoms with E-state index in [2.05, 4.69) is 15.5 Å². The number of amides is 2. The number of carbonyl (C=O) groups is 1. The summed E-state index contributed by atoms with van der Waals surface area (Å²) in [4.78, 5) is 14.8. The van der Waals surface area contributed by atoms with E-state index in [1.54, 1.807) is 6.33 Å². The number of rotatable bonds is 6. The number of benzene rings is 1. The van der Waals surface area contributed by atoms with Crippen LogP contribution in [0.1, 0.15) is 25.7 Å². The van der Waals surface area contributed by atoms with Crippen LogP contribution in [-0.4, -0.2) is 64.2 Å². The maximum atomic E-state index is 12.9. The van der Waals surface area contributed by atoms with Gasteiger partial charge in [0, 0.05) is 44.6 Å². The third kappa shape index (κ3) is 4.51. The number of ether oxygens (including phenoxy) is 2. The molecule has 2 fully saturated rings. The van der Waals surface area contributed by atoms with Gasteiger partial charge >= 0.3 is 6.03 Å². The Hall–Kier alpha value is -2.45. The fourth-order valence-electron chi connectivity index (χ4n) is 3.76. The van der Waals surface area contributed by atoms with E-state index < -0.39 is 0 Å². The minimum absolute atomic E-state index is 0.114. The lowest BCUT2D eigenvalue weighted by Crippen LogP contribution is -2.44. The van der Waals surface area contributed by atoms with Crippen LogP contribution >= 0.6 is 0 Å². The zero-order valence-corrected chi connectivity index (χ0v) is 16.2. The van der Waals surface area contributed by atoms with Crippen LogP contribution in [0.2, 0.25) is 0 Å². The molecule has 2 atom stereocenters. The van der Waals surface area contributed by atoms with Gasteiger partial charge in [0.2, 0.25) is 0 Å². The number of hydrogen-bond acceptors (Lipinski definition) is 5. The standard InChI is InChI=1S/C20H27N5O3/c1-24-14-21-23-19(24)15-6-8-16(9-7-15)22-20(26)25(12-17-4-2-10-27-17)13-18-5-3-11-28-18/h6-9,14,17-18H,2-5,10-13H2,1H3,(H,22,26)/t17-,18-/m0/s1. The fraction of sp³-hybridized carbons (Fsp3) is 0.550. The number of urea groups is 1. The average molecular weight is 385 g/mol. The molecule has 28 heavy (non-hydrogen) atoms. The van der Waals surface area contributed by atoms with Gasteiger partial charge in [0.25, 0.3) is 0 Å². The zero-order chi connectivity index (χ0) is 19.3. The molecule has 2 aliphatic heterocycles. The molecular weight excluding hydrogens is 358 g/mol. The van der Waals surface area contributed by atoms with Gasteiger partial charge in [0.15, 0.2) is 5.82 Å². The minimum atomic E-state index is -0.114. The van der Waals surface area contributed by atoms with Gasteiger partial charge < -0.3 is 24.3 Å². The van der Waals surface area contributed by atoms with Crippen LogP contribution < -0.4 is 5.32 Å². The lowest BCUT2D eigenvalue weighted by Gasteiger charge is -2.28. The number of aryl methyl sites for hydroxylation is 1. The summed E-state index contributed by atoms with van der Waals surface area (Å²) in [5, 5.41) is 11.0. The third-order valence-electron chi connectivity index (χ3n) is 5.29. The number of nitrogens with one attached hydrogen (secondary N) is 1. The van der Waals surface area contributed by atoms with Crippen molar-refractivity contribution in [3.8, 4) is 11.4 Å². The Bertz CT molecular complexity index is 761. The maximum absolute atomic E-state index is 12.9. The second kappa shape index (κ2) is 8.70. The zero-order valence-electron chi connectivity index (χ0n) is 16.2. The van der Waals surface area contributed by atoms with Crippen molar-refractivity contribution in [2.24, 2.45) is 7.05 Å².